The van der Waals surface area contributed by atoms with Gasteiger partial charge < -0.3 is 18.8 Å². The molecule has 0 saturated carbocycles. The molecule has 0 N–H and O–H groups in total. The minimum absolute atomic E-state index is 0.197. The van der Waals surface area contributed by atoms with E-state index in [1.165, 1.54) is 29.8 Å². The van der Waals surface area contributed by atoms with E-state index in [9.17, 15) is 9.59 Å². The fourth-order valence-corrected chi connectivity index (χ4v) is 6.98. The van der Waals surface area contributed by atoms with Crippen LogP contribution in [0.1, 0.15) is 23.4 Å². The van der Waals surface area contributed by atoms with Crippen LogP contribution < -0.4 is 24.4 Å². The molecule has 4 heterocycles. The van der Waals surface area contributed by atoms with Crippen LogP contribution in [0.4, 0.5) is 0 Å². The maximum absolute atomic E-state index is 13.9. The predicted octanol–water partition coefficient (Wildman–Crippen LogP) is 4.51. The smallest absolute Gasteiger partial charge is 0.338 e. The number of allylic oxidation sites excluding steroid dienone is 1. The van der Waals surface area contributed by atoms with Crippen LogP contribution in [0.2, 0.25) is 0 Å². The quantitative estimate of drug-likeness (QED) is 0.250. The van der Waals surface area contributed by atoms with Crippen LogP contribution in [0.25, 0.3) is 17.0 Å². The first-order chi connectivity index (χ1) is 20.0. The van der Waals surface area contributed by atoms with Gasteiger partial charge in [0.1, 0.15) is 12.6 Å². The zero-order valence-corrected chi connectivity index (χ0v) is 24.3. The van der Waals surface area contributed by atoms with Crippen LogP contribution in [-0.4, -0.2) is 35.9 Å². The Balaban J connectivity index is 1.40. The van der Waals surface area contributed by atoms with E-state index in [1.807, 2.05) is 72.3 Å². The molecule has 0 bridgehead atoms. The van der Waals surface area contributed by atoms with Gasteiger partial charge in [-0.1, -0.05) is 47.7 Å². The van der Waals surface area contributed by atoms with Gasteiger partial charge in [0.25, 0.3) is 5.56 Å². The Kier molecular flexibility index (Phi) is 7.34. The summed E-state index contributed by atoms with van der Waals surface area (Å²) in [5, 5.41) is 2.96. The van der Waals surface area contributed by atoms with Crippen molar-refractivity contribution in [3.8, 4) is 11.5 Å². The number of thiophene rings is 1. The van der Waals surface area contributed by atoms with Crippen molar-refractivity contribution in [2.75, 3.05) is 20.8 Å². The first-order valence-electron chi connectivity index (χ1n) is 13.0. The number of para-hydroxylation sites is 3. The van der Waals surface area contributed by atoms with Crippen molar-refractivity contribution < 1.29 is 19.0 Å². The molecule has 5 aromatic rings. The molecular formula is C31H27N3O5S2. The molecule has 6 rings (SSSR count). The van der Waals surface area contributed by atoms with Crippen LogP contribution in [0.15, 0.2) is 93.3 Å². The van der Waals surface area contributed by atoms with Gasteiger partial charge in [0.2, 0.25) is 0 Å². The van der Waals surface area contributed by atoms with Crippen molar-refractivity contribution in [1.29, 1.82) is 0 Å². The van der Waals surface area contributed by atoms with E-state index in [-0.39, 0.29) is 5.56 Å². The summed E-state index contributed by atoms with van der Waals surface area (Å²) in [5.41, 5.74) is 2.68. The number of fused-ring (bicyclic) bond motifs is 2. The van der Waals surface area contributed by atoms with E-state index in [0.29, 0.717) is 45.3 Å². The number of thiazole rings is 1. The fraction of sp³-hybridized carbons (Fsp3) is 0.194. The third-order valence-corrected chi connectivity index (χ3v) is 8.91. The topological polar surface area (TPSA) is 84.1 Å². The summed E-state index contributed by atoms with van der Waals surface area (Å²) < 4.78 is 20.8. The van der Waals surface area contributed by atoms with Crippen molar-refractivity contribution in [3.63, 3.8) is 0 Å². The number of carbonyl (C=O) groups excluding carboxylic acids is 1. The highest BCUT2D eigenvalue weighted by molar-refractivity contribution is 7.10. The normalized spacial score (nSPS) is 15.1. The molecule has 3 aromatic heterocycles. The van der Waals surface area contributed by atoms with E-state index in [2.05, 4.69) is 15.6 Å². The molecule has 1 atom stereocenters. The summed E-state index contributed by atoms with van der Waals surface area (Å²) in [6.45, 7) is 2.83. The van der Waals surface area contributed by atoms with Gasteiger partial charge in [-0.2, -0.15) is 0 Å². The lowest BCUT2D eigenvalue weighted by Gasteiger charge is -2.22. The highest BCUT2D eigenvalue weighted by Crippen LogP contribution is 2.33. The molecule has 1 aliphatic heterocycles. The Morgan fingerprint density at radius 2 is 1.83 bits per heavy atom. The van der Waals surface area contributed by atoms with Crippen LogP contribution >= 0.6 is 22.7 Å². The minimum Gasteiger partial charge on any atom is -0.493 e. The molecule has 2 aromatic carbocycles. The average molecular weight is 586 g/mol. The van der Waals surface area contributed by atoms with E-state index in [1.54, 1.807) is 18.6 Å². The van der Waals surface area contributed by atoms with Crippen molar-refractivity contribution in [2.45, 2.75) is 19.5 Å². The van der Waals surface area contributed by atoms with Gasteiger partial charge in [0.15, 0.2) is 16.3 Å². The first-order valence-corrected chi connectivity index (χ1v) is 14.7. The first kappa shape index (κ1) is 26.8. The monoisotopic (exact) mass is 585 g/mol. The van der Waals surface area contributed by atoms with Crippen molar-refractivity contribution in [3.05, 3.63) is 114 Å². The molecule has 41 heavy (non-hydrogen) atoms. The predicted molar refractivity (Wildman–Crippen MR) is 161 cm³/mol. The molecule has 0 saturated heterocycles. The van der Waals surface area contributed by atoms with Gasteiger partial charge in [-0.3, -0.25) is 9.36 Å². The highest BCUT2D eigenvalue weighted by Gasteiger charge is 2.33. The number of nitrogens with zero attached hydrogens (tertiary/aromatic N) is 3. The fourth-order valence-electron chi connectivity index (χ4n) is 5.12. The van der Waals surface area contributed by atoms with Crippen molar-refractivity contribution >= 4 is 45.6 Å². The van der Waals surface area contributed by atoms with Crippen LogP contribution in [0, 0.1) is 0 Å². The molecular weight excluding hydrogens is 558 g/mol. The largest absolute Gasteiger partial charge is 0.493 e. The molecule has 0 radical (unpaired) electrons. The molecule has 208 valence electrons. The molecule has 1 aliphatic rings. The maximum Gasteiger partial charge on any atom is 0.338 e. The second-order valence-electron chi connectivity index (χ2n) is 9.38. The van der Waals surface area contributed by atoms with Crippen molar-refractivity contribution in [1.82, 2.24) is 9.13 Å². The lowest BCUT2D eigenvalue weighted by atomic mass is 10.0. The number of hydrogen-bond donors (Lipinski definition) is 0. The highest BCUT2D eigenvalue weighted by atomic mass is 32.1. The Bertz CT molecular complexity index is 1960. The standard InChI is InChI=1S/C31H27N3O5S2/c1-19-27(30(36)38-3)28(25-13-8-16-40-25)34-29(35)26(41-31(34)32-19)17-20-18-33(22-10-5-4-9-21(20)22)14-15-39-24-12-7-6-11-23(24)37-2/h4-13,16-18,28H,14-15H2,1-3H3. The third kappa shape index (κ3) is 4.89. The summed E-state index contributed by atoms with van der Waals surface area (Å²) in [6, 6.07) is 18.9. The van der Waals surface area contributed by atoms with E-state index >= 15 is 0 Å². The van der Waals surface area contributed by atoms with Gasteiger partial charge in [-0.15, -0.1) is 11.3 Å². The Morgan fingerprint density at radius 3 is 2.59 bits per heavy atom. The van der Waals surface area contributed by atoms with Gasteiger partial charge in [-0.05, 0) is 42.6 Å². The molecule has 0 fully saturated rings. The summed E-state index contributed by atoms with van der Waals surface area (Å²) >= 11 is 2.81. The number of methoxy groups -OCH3 is 2. The number of benzene rings is 2. The van der Waals surface area contributed by atoms with Crippen LogP contribution in [-0.2, 0) is 16.1 Å². The molecule has 0 spiro atoms. The summed E-state index contributed by atoms with van der Waals surface area (Å²) in [5.74, 6) is 0.888. The number of esters is 1. The number of rotatable bonds is 8. The third-order valence-electron chi connectivity index (χ3n) is 7.00. The molecule has 8 nitrogen and oxygen atoms in total. The summed E-state index contributed by atoms with van der Waals surface area (Å²) in [4.78, 5) is 32.8. The lowest BCUT2D eigenvalue weighted by molar-refractivity contribution is -0.136. The molecule has 0 aliphatic carbocycles. The Hall–Kier alpha value is -4.41. The zero-order valence-electron chi connectivity index (χ0n) is 22.7. The van der Waals surface area contributed by atoms with Gasteiger partial charge in [0.05, 0.1) is 36.6 Å². The second kappa shape index (κ2) is 11.2. The number of ether oxygens (including phenoxy) is 3. The summed E-state index contributed by atoms with van der Waals surface area (Å²) in [7, 11) is 2.97. The molecule has 1 unspecified atom stereocenters. The summed E-state index contributed by atoms with van der Waals surface area (Å²) in [6.07, 6.45) is 3.95. The van der Waals surface area contributed by atoms with Gasteiger partial charge in [-0.25, -0.2) is 9.79 Å². The van der Waals surface area contributed by atoms with E-state index < -0.39 is 12.0 Å². The Morgan fingerprint density at radius 1 is 1.05 bits per heavy atom. The molecule has 10 heteroatoms. The van der Waals surface area contributed by atoms with E-state index in [0.717, 1.165) is 21.3 Å². The maximum atomic E-state index is 13.9. The second-order valence-corrected chi connectivity index (χ2v) is 11.4. The van der Waals surface area contributed by atoms with Gasteiger partial charge >= 0.3 is 5.97 Å². The van der Waals surface area contributed by atoms with Crippen LogP contribution in [0.3, 0.4) is 0 Å². The van der Waals surface area contributed by atoms with Crippen LogP contribution in [0.5, 0.6) is 11.5 Å². The minimum atomic E-state index is -0.589. The lowest BCUT2D eigenvalue weighted by Crippen LogP contribution is -2.39. The van der Waals surface area contributed by atoms with Crippen molar-refractivity contribution in [2.24, 2.45) is 4.99 Å². The number of carbonyl (C=O) groups is 1. The SMILES string of the molecule is COC(=O)C1=C(C)N=c2sc(=Cc3cn(CCOc4ccccc4OC)c4ccccc34)c(=O)n2C1c1cccs1. The zero-order chi connectivity index (χ0) is 28.5. The number of aromatic nitrogens is 2. The number of hydrogen-bond acceptors (Lipinski definition) is 8. The molecule has 0 amide bonds. The van der Waals surface area contributed by atoms with Gasteiger partial charge in [0, 0.05) is 27.5 Å². The Labute approximate surface area is 243 Å². The average Bonchev–Trinajstić information content (AvgIpc) is 3.72. The van der Waals surface area contributed by atoms with E-state index in [4.69, 9.17) is 14.2 Å².